The molecule has 9 heteroatoms. The number of anilines is 2. The number of nitrogens with one attached hydrogen (secondary N) is 2. The van der Waals surface area contributed by atoms with Crippen LogP contribution in [0.5, 0.6) is 23.0 Å². The van der Waals surface area contributed by atoms with E-state index in [1.54, 1.807) is 84.9 Å². The van der Waals surface area contributed by atoms with Gasteiger partial charge in [0.15, 0.2) is 0 Å². The van der Waals surface area contributed by atoms with E-state index < -0.39 is 12.2 Å². The van der Waals surface area contributed by atoms with Crippen molar-refractivity contribution < 1.29 is 34.0 Å². The van der Waals surface area contributed by atoms with E-state index in [2.05, 4.69) is 24.5 Å². The van der Waals surface area contributed by atoms with Crippen LogP contribution in [-0.2, 0) is 9.47 Å². The summed E-state index contributed by atoms with van der Waals surface area (Å²) in [7, 11) is 0. The number of carbonyl (C=O) groups excluding carboxylic acids is 2. The minimum atomic E-state index is -0.538. The lowest BCUT2D eigenvalue weighted by Crippen LogP contribution is -2.14. The Labute approximate surface area is 276 Å². The van der Waals surface area contributed by atoms with Crippen molar-refractivity contribution in [2.24, 2.45) is 0 Å². The Morgan fingerprint density at radius 3 is 1.34 bits per heavy atom. The number of carbonyl (C=O) groups is 2. The molecule has 0 fully saturated rings. The van der Waals surface area contributed by atoms with Crippen LogP contribution >= 0.6 is 0 Å². The number of unbranched alkanes of at least 4 members (excludes halogenated alkanes) is 6. The normalized spacial score (nSPS) is 10.7. The Hall–Kier alpha value is -5.18. The molecule has 4 aromatic rings. The van der Waals surface area contributed by atoms with Crippen molar-refractivity contribution in [2.75, 3.05) is 23.8 Å². The van der Waals surface area contributed by atoms with Crippen LogP contribution in [0.1, 0.15) is 65.2 Å². The van der Waals surface area contributed by atoms with Gasteiger partial charge in [-0.2, -0.15) is 0 Å². The quantitative estimate of drug-likeness (QED) is 0.0898. The van der Waals surface area contributed by atoms with E-state index in [1.807, 2.05) is 0 Å². The van der Waals surface area contributed by atoms with Crippen LogP contribution in [0.3, 0.4) is 0 Å². The van der Waals surface area contributed by atoms with Gasteiger partial charge in [-0.25, -0.2) is 9.59 Å². The Balaban J connectivity index is 1.60. The van der Waals surface area contributed by atoms with Gasteiger partial charge in [0.1, 0.15) is 23.0 Å². The van der Waals surface area contributed by atoms with E-state index in [0.29, 0.717) is 47.2 Å². The van der Waals surface area contributed by atoms with Crippen molar-refractivity contribution in [1.29, 1.82) is 0 Å². The van der Waals surface area contributed by atoms with Crippen molar-refractivity contribution in [3.63, 3.8) is 0 Å². The molecule has 4 N–H and O–H groups in total. The number of phenols is 2. The SMILES string of the molecule is CCCCCCOC(=O)Nc1ccc(Oc2ccc(NC(=O)OCCCCCC)cc2-c2ccc(O)cc2)c(-c2ccc(O)cc2)c1. The van der Waals surface area contributed by atoms with E-state index >= 15 is 0 Å². The number of hydrogen-bond acceptors (Lipinski definition) is 7. The second-order valence-electron chi connectivity index (χ2n) is 11.3. The van der Waals surface area contributed by atoms with Crippen molar-refractivity contribution in [2.45, 2.75) is 65.2 Å². The molecule has 0 saturated carbocycles. The summed E-state index contributed by atoms with van der Waals surface area (Å²) in [6.07, 6.45) is 6.96. The van der Waals surface area contributed by atoms with Crippen molar-refractivity contribution in [3.05, 3.63) is 84.9 Å². The first-order valence-corrected chi connectivity index (χ1v) is 16.3. The molecular weight excluding hydrogens is 596 g/mol. The van der Waals surface area contributed by atoms with Gasteiger partial charge in [0.25, 0.3) is 0 Å². The van der Waals surface area contributed by atoms with Gasteiger partial charge in [-0.3, -0.25) is 10.6 Å². The van der Waals surface area contributed by atoms with E-state index in [4.69, 9.17) is 14.2 Å². The van der Waals surface area contributed by atoms with Gasteiger partial charge in [-0.1, -0.05) is 76.6 Å². The Morgan fingerprint density at radius 2 is 0.957 bits per heavy atom. The second kappa shape index (κ2) is 18.1. The molecule has 2 amide bonds. The minimum Gasteiger partial charge on any atom is -0.508 e. The predicted octanol–water partition coefficient (Wildman–Crippen LogP) is 10.5. The predicted molar refractivity (Wildman–Crippen MR) is 185 cm³/mol. The topological polar surface area (TPSA) is 126 Å². The highest BCUT2D eigenvalue weighted by Crippen LogP contribution is 2.41. The molecule has 0 bridgehead atoms. The first-order chi connectivity index (χ1) is 22.9. The molecule has 0 spiro atoms. The molecule has 0 aliphatic rings. The molecule has 4 aromatic carbocycles. The number of benzene rings is 4. The van der Waals surface area contributed by atoms with Crippen LogP contribution < -0.4 is 15.4 Å². The minimum absolute atomic E-state index is 0.120. The van der Waals surface area contributed by atoms with Crippen molar-refractivity contribution >= 4 is 23.6 Å². The first kappa shape index (κ1) is 34.7. The molecule has 0 atom stereocenters. The summed E-state index contributed by atoms with van der Waals surface area (Å²) >= 11 is 0. The highest BCUT2D eigenvalue weighted by Gasteiger charge is 2.16. The van der Waals surface area contributed by atoms with Gasteiger partial charge in [-0.05, 0) is 84.6 Å². The smallest absolute Gasteiger partial charge is 0.411 e. The average molecular weight is 641 g/mol. The summed E-state index contributed by atoms with van der Waals surface area (Å²) in [4.78, 5) is 25.0. The van der Waals surface area contributed by atoms with Gasteiger partial charge in [0, 0.05) is 22.5 Å². The summed E-state index contributed by atoms with van der Waals surface area (Å²) in [5.74, 6) is 1.21. The third kappa shape index (κ3) is 11.0. The maximum Gasteiger partial charge on any atom is 0.411 e. The Bertz CT molecular complexity index is 1470. The fourth-order valence-electron chi connectivity index (χ4n) is 4.94. The number of aromatic hydroxyl groups is 2. The summed E-state index contributed by atoms with van der Waals surface area (Å²) in [5.41, 5.74) is 3.87. The zero-order valence-corrected chi connectivity index (χ0v) is 27.1. The zero-order valence-electron chi connectivity index (χ0n) is 27.1. The molecule has 0 heterocycles. The number of rotatable bonds is 16. The highest BCUT2D eigenvalue weighted by molar-refractivity contribution is 5.88. The monoisotopic (exact) mass is 640 g/mol. The Kier molecular flexibility index (Phi) is 13.3. The van der Waals surface area contributed by atoms with E-state index in [9.17, 15) is 19.8 Å². The third-order valence-corrected chi connectivity index (χ3v) is 7.49. The summed E-state index contributed by atoms with van der Waals surface area (Å²) in [6.45, 7) is 4.95. The fourth-order valence-corrected chi connectivity index (χ4v) is 4.94. The van der Waals surface area contributed by atoms with E-state index in [-0.39, 0.29) is 11.5 Å². The second-order valence-corrected chi connectivity index (χ2v) is 11.3. The van der Waals surface area contributed by atoms with Gasteiger partial charge in [0.2, 0.25) is 0 Å². The lowest BCUT2D eigenvalue weighted by atomic mass is 10.0. The number of phenolic OH excluding ortho intramolecular Hbond substituents is 2. The highest BCUT2D eigenvalue weighted by atomic mass is 16.6. The fraction of sp³-hybridized carbons (Fsp3) is 0.316. The standard InChI is InChI=1S/C38H44N2O7/c1-3-5-7-9-23-45-37(43)39-29-15-21-35(33(25-29)27-11-17-31(41)18-12-27)47-36-22-16-30(40-38(44)46-24-10-8-6-4-2)26-34(36)28-13-19-32(42)20-14-28/h11-22,25-26,41-42H,3-10,23-24H2,1-2H3,(H,39,43)(H,40,44). The first-order valence-electron chi connectivity index (χ1n) is 16.3. The van der Waals surface area contributed by atoms with Crippen LogP contribution in [0.2, 0.25) is 0 Å². The van der Waals surface area contributed by atoms with Crippen molar-refractivity contribution in [3.8, 4) is 45.3 Å². The zero-order chi connectivity index (χ0) is 33.4. The van der Waals surface area contributed by atoms with Gasteiger partial charge in [-0.15, -0.1) is 0 Å². The summed E-state index contributed by atoms with van der Waals surface area (Å²) in [6, 6.07) is 23.9. The molecule has 9 nitrogen and oxygen atoms in total. The summed E-state index contributed by atoms with van der Waals surface area (Å²) < 4.78 is 17.2. The molecule has 248 valence electrons. The van der Waals surface area contributed by atoms with Crippen molar-refractivity contribution in [1.82, 2.24) is 0 Å². The average Bonchev–Trinajstić information content (AvgIpc) is 3.06. The van der Waals surface area contributed by atoms with Crippen LogP contribution in [0, 0.1) is 0 Å². The van der Waals surface area contributed by atoms with E-state index in [0.717, 1.165) is 62.5 Å². The maximum atomic E-state index is 12.5. The summed E-state index contributed by atoms with van der Waals surface area (Å²) in [5, 5.41) is 25.4. The molecule has 0 unspecified atom stereocenters. The third-order valence-electron chi connectivity index (χ3n) is 7.49. The molecule has 0 aliphatic heterocycles. The molecule has 0 radical (unpaired) electrons. The van der Waals surface area contributed by atoms with Gasteiger partial charge in [0.05, 0.1) is 13.2 Å². The van der Waals surface area contributed by atoms with Crippen LogP contribution in [0.4, 0.5) is 21.0 Å². The molecule has 47 heavy (non-hydrogen) atoms. The molecule has 0 aliphatic carbocycles. The lowest BCUT2D eigenvalue weighted by Gasteiger charge is -2.17. The largest absolute Gasteiger partial charge is 0.508 e. The number of hydrogen-bond donors (Lipinski definition) is 4. The van der Waals surface area contributed by atoms with Gasteiger partial charge < -0.3 is 24.4 Å². The maximum absolute atomic E-state index is 12.5. The van der Waals surface area contributed by atoms with Crippen LogP contribution in [0.15, 0.2) is 84.9 Å². The van der Waals surface area contributed by atoms with Gasteiger partial charge >= 0.3 is 12.2 Å². The number of ether oxygens (including phenoxy) is 3. The Morgan fingerprint density at radius 1 is 0.553 bits per heavy atom. The molecule has 0 aromatic heterocycles. The van der Waals surface area contributed by atoms with Crippen LogP contribution in [0.25, 0.3) is 22.3 Å². The number of amides is 2. The molecule has 4 rings (SSSR count). The lowest BCUT2D eigenvalue weighted by molar-refractivity contribution is 0.158. The van der Waals surface area contributed by atoms with Crippen LogP contribution in [-0.4, -0.2) is 35.6 Å². The molecule has 0 saturated heterocycles. The molecular formula is C38H44N2O7. The van der Waals surface area contributed by atoms with E-state index in [1.165, 1.54) is 0 Å².